The van der Waals surface area contributed by atoms with Crippen LogP contribution in [0.4, 0.5) is 5.95 Å². The van der Waals surface area contributed by atoms with Gasteiger partial charge in [0.05, 0.1) is 12.0 Å². The van der Waals surface area contributed by atoms with Crippen LogP contribution in [-0.2, 0) is 31.6 Å². The number of hydrogen-bond acceptors (Lipinski definition) is 12. The van der Waals surface area contributed by atoms with Crippen molar-refractivity contribution in [3.63, 3.8) is 0 Å². The molecular weight excluding hydrogens is 517 g/mol. The average Bonchev–Trinajstić information content (AvgIpc) is 3.10. The van der Waals surface area contributed by atoms with Gasteiger partial charge in [-0.3, -0.25) is 14.3 Å². The number of aliphatic hydroxyl groups excluding tert-OH is 1. The number of aliphatic hydroxyl groups is 2. The quantitative estimate of drug-likeness (QED) is 0.181. The number of fused-ring (bicyclic) bond motifs is 1. The Morgan fingerprint density at radius 3 is 2.48 bits per heavy atom. The van der Waals surface area contributed by atoms with Crippen LogP contribution in [0.2, 0.25) is 0 Å². The van der Waals surface area contributed by atoms with Crippen molar-refractivity contribution in [1.82, 2.24) is 14.5 Å². The highest BCUT2D eigenvalue weighted by molar-refractivity contribution is 7.66. The van der Waals surface area contributed by atoms with Gasteiger partial charge in [-0.05, 0) is 13.0 Å². The van der Waals surface area contributed by atoms with E-state index in [4.69, 9.17) is 25.2 Å². The van der Waals surface area contributed by atoms with Crippen LogP contribution in [0.25, 0.3) is 11.0 Å². The third-order valence-corrected chi connectivity index (χ3v) is 8.23. The molecular formula is C12H19N4O14P3. The predicted molar refractivity (Wildman–Crippen MR) is 105 cm³/mol. The topological polar surface area (TPSA) is 286 Å². The van der Waals surface area contributed by atoms with Gasteiger partial charge in [0.1, 0.15) is 17.8 Å². The number of rotatable bonds is 8. The molecule has 186 valence electrons. The number of phosphoric acid groups is 3. The molecule has 6 atom stereocenters. The minimum Gasteiger partial charge on any atom is -0.387 e. The van der Waals surface area contributed by atoms with E-state index in [1.165, 1.54) is 16.8 Å². The Balaban J connectivity index is 1.78. The minimum absolute atomic E-state index is 0.0118. The second-order valence-electron chi connectivity index (χ2n) is 7.00. The molecule has 33 heavy (non-hydrogen) atoms. The highest BCUT2D eigenvalue weighted by Gasteiger charge is 2.54. The van der Waals surface area contributed by atoms with E-state index in [1.807, 2.05) is 0 Å². The number of nitrogen functional groups attached to an aromatic ring is 1. The van der Waals surface area contributed by atoms with Crippen LogP contribution in [-0.4, -0.2) is 68.7 Å². The monoisotopic (exact) mass is 536 g/mol. The Morgan fingerprint density at radius 2 is 1.88 bits per heavy atom. The van der Waals surface area contributed by atoms with Crippen molar-refractivity contribution in [2.24, 2.45) is 0 Å². The SMILES string of the molecule is C[C@@]1(O)C(O)C(COP(=O)(O)OP(=O)(O)OP(=O)(O)O)O[C@H]1n1ccc2c(=O)[nH]c(N)nc21. The van der Waals surface area contributed by atoms with E-state index in [1.54, 1.807) is 0 Å². The molecule has 3 heterocycles. The van der Waals surface area contributed by atoms with Crippen LogP contribution >= 0.6 is 23.5 Å². The lowest BCUT2D eigenvalue weighted by Gasteiger charge is -2.27. The molecule has 1 aliphatic heterocycles. The van der Waals surface area contributed by atoms with Gasteiger partial charge in [0.15, 0.2) is 11.9 Å². The van der Waals surface area contributed by atoms with E-state index in [-0.39, 0.29) is 17.0 Å². The number of hydrogen-bond donors (Lipinski definition) is 8. The van der Waals surface area contributed by atoms with Crippen molar-refractivity contribution in [3.05, 3.63) is 22.6 Å². The normalized spacial score (nSPS) is 29.7. The number of nitrogens with two attached hydrogens (primary N) is 1. The first-order valence-corrected chi connectivity index (χ1v) is 13.1. The maximum atomic E-state index is 12.0. The molecule has 0 spiro atoms. The molecule has 1 saturated heterocycles. The molecule has 1 fully saturated rings. The maximum absolute atomic E-state index is 12.0. The highest BCUT2D eigenvalue weighted by Crippen LogP contribution is 2.66. The fourth-order valence-electron chi connectivity index (χ4n) is 3.10. The summed E-state index contributed by atoms with van der Waals surface area (Å²) in [5.41, 5.74) is 2.86. The number of ether oxygens (including phenoxy) is 1. The predicted octanol–water partition coefficient (Wildman–Crippen LogP) is -1.34. The lowest BCUT2D eigenvalue weighted by atomic mass is 9.96. The van der Waals surface area contributed by atoms with Crippen LogP contribution < -0.4 is 11.3 Å². The van der Waals surface area contributed by atoms with Crippen molar-refractivity contribution in [2.45, 2.75) is 31.0 Å². The number of aromatic amines is 1. The van der Waals surface area contributed by atoms with E-state index in [2.05, 4.69) is 23.1 Å². The molecule has 0 amide bonds. The fraction of sp³-hybridized carbons (Fsp3) is 0.500. The number of phosphoric ester groups is 1. The summed E-state index contributed by atoms with van der Waals surface area (Å²) in [4.78, 5) is 54.0. The zero-order valence-electron chi connectivity index (χ0n) is 16.4. The zero-order chi connectivity index (χ0) is 25.0. The molecule has 0 bridgehead atoms. The van der Waals surface area contributed by atoms with Gasteiger partial charge in [0.25, 0.3) is 5.56 Å². The van der Waals surface area contributed by atoms with Crippen LogP contribution in [0, 0.1) is 0 Å². The van der Waals surface area contributed by atoms with Crippen LogP contribution in [0.15, 0.2) is 17.1 Å². The van der Waals surface area contributed by atoms with E-state index in [9.17, 15) is 33.6 Å². The van der Waals surface area contributed by atoms with Gasteiger partial charge in [-0.1, -0.05) is 0 Å². The lowest BCUT2D eigenvalue weighted by Crippen LogP contribution is -2.44. The molecule has 2 aromatic rings. The first-order chi connectivity index (χ1) is 14.9. The summed E-state index contributed by atoms with van der Waals surface area (Å²) < 4.78 is 52.2. The number of aromatic nitrogens is 3. The van der Waals surface area contributed by atoms with Crippen molar-refractivity contribution < 1.29 is 61.4 Å². The second-order valence-corrected chi connectivity index (χ2v) is 11.4. The van der Waals surface area contributed by atoms with E-state index < -0.39 is 59.7 Å². The number of anilines is 1. The highest BCUT2D eigenvalue weighted by atomic mass is 31.3. The van der Waals surface area contributed by atoms with Gasteiger partial charge in [-0.25, -0.2) is 13.7 Å². The van der Waals surface area contributed by atoms with Gasteiger partial charge in [-0.15, -0.1) is 0 Å². The molecule has 0 aromatic carbocycles. The van der Waals surface area contributed by atoms with Gasteiger partial charge >= 0.3 is 23.5 Å². The molecule has 0 aliphatic carbocycles. The smallest absolute Gasteiger partial charge is 0.387 e. The summed E-state index contributed by atoms with van der Waals surface area (Å²) in [6, 6.07) is 1.34. The number of H-pyrrole nitrogens is 1. The minimum atomic E-state index is -5.74. The van der Waals surface area contributed by atoms with Gasteiger partial charge in [0.2, 0.25) is 5.95 Å². The van der Waals surface area contributed by atoms with Crippen LogP contribution in [0.3, 0.4) is 0 Å². The summed E-state index contributed by atoms with van der Waals surface area (Å²) in [5, 5.41) is 21.3. The van der Waals surface area contributed by atoms with E-state index in [0.717, 1.165) is 6.92 Å². The average molecular weight is 536 g/mol. The fourth-order valence-corrected chi connectivity index (χ4v) is 6.13. The van der Waals surface area contributed by atoms with Crippen molar-refractivity contribution >= 4 is 40.4 Å². The molecule has 4 unspecified atom stereocenters. The van der Waals surface area contributed by atoms with Gasteiger partial charge < -0.3 is 44.8 Å². The Morgan fingerprint density at radius 1 is 1.24 bits per heavy atom. The molecule has 21 heteroatoms. The Bertz CT molecular complexity index is 1250. The molecule has 1 aliphatic rings. The largest absolute Gasteiger partial charge is 0.490 e. The summed E-state index contributed by atoms with van der Waals surface area (Å²) in [6.07, 6.45) is -3.41. The summed E-state index contributed by atoms with van der Waals surface area (Å²) in [6.45, 7) is 0.141. The third kappa shape index (κ3) is 5.78. The second kappa shape index (κ2) is 8.62. The van der Waals surface area contributed by atoms with Crippen LogP contribution in [0.1, 0.15) is 13.2 Å². The number of nitrogens with zero attached hydrogens (tertiary/aromatic N) is 2. The van der Waals surface area contributed by atoms with Crippen molar-refractivity contribution in [3.8, 4) is 0 Å². The first kappa shape index (κ1) is 26.1. The van der Waals surface area contributed by atoms with E-state index in [0.29, 0.717) is 0 Å². The number of nitrogens with one attached hydrogen (secondary N) is 1. The Hall–Kier alpha value is -1.49. The van der Waals surface area contributed by atoms with Crippen molar-refractivity contribution in [1.29, 1.82) is 0 Å². The third-order valence-electron chi connectivity index (χ3n) is 4.42. The van der Waals surface area contributed by atoms with Gasteiger partial charge in [-0.2, -0.15) is 13.6 Å². The summed E-state index contributed by atoms with van der Waals surface area (Å²) >= 11 is 0. The molecule has 0 saturated carbocycles. The Labute approximate surface area is 183 Å². The Kier molecular flexibility index (Phi) is 6.83. The first-order valence-electron chi connectivity index (χ1n) is 8.62. The summed E-state index contributed by atoms with van der Waals surface area (Å²) in [5.74, 6) is -0.241. The maximum Gasteiger partial charge on any atom is 0.490 e. The van der Waals surface area contributed by atoms with E-state index >= 15 is 0 Å². The molecule has 9 N–H and O–H groups in total. The summed E-state index contributed by atoms with van der Waals surface area (Å²) in [7, 11) is -16.8. The lowest BCUT2D eigenvalue weighted by molar-refractivity contribution is -0.0947. The van der Waals surface area contributed by atoms with Crippen molar-refractivity contribution in [2.75, 3.05) is 12.3 Å². The van der Waals surface area contributed by atoms with Gasteiger partial charge in [0, 0.05) is 6.20 Å². The van der Waals surface area contributed by atoms with Crippen LogP contribution in [0.5, 0.6) is 0 Å². The zero-order valence-corrected chi connectivity index (χ0v) is 19.0. The molecule has 0 radical (unpaired) electrons. The molecule has 2 aromatic heterocycles. The standard InChI is InChI=1S/C12H19N4O14P3/c1-12(19)7(17)6(4-27-32(23,24)30-33(25,26)29-31(20,21)22)28-10(12)16-3-2-5-8(16)14-11(13)15-9(5)18/h2-3,6-7,10,17,19H,4H2,1H3,(H,23,24)(H,25,26)(H2,20,21,22)(H3,13,14,15,18)/t6?,7?,10-,12-/m1/s1. The molecule has 3 rings (SSSR count). The molecule has 18 nitrogen and oxygen atoms in total.